The van der Waals surface area contributed by atoms with Crippen LogP contribution in [0.1, 0.15) is 0 Å². The van der Waals surface area contributed by atoms with Crippen LogP contribution in [0.15, 0.2) is 0 Å². The lowest BCUT2D eigenvalue weighted by Crippen LogP contribution is -3.10. The summed E-state index contributed by atoms with van der Waals surface area (Å²) in [4.78, 5) is 35.9. The summed E-state index contributed by atoms with van der Waals surface area (Å²) in [6.07, 6.45) is -59.2. The zero-order valence-electron chi connectivity index (χ0n) is 26.0. The van der Waals surface area contributed by atoms with Crippen molar-refractivity contribution >= 4 is 17.9 Å². The van der Waals surface area contributed by atoms with Crippen molar-refractivity contribution in [2.45, 2.75) is 112 Å². The van der Waals surface area contributed by atoms with Gasteiger partial charge in [-0.25, -0.2) is 36.3 Å². The molecule has 4 fully saturated rings. The molecule has 4 bridgehead atoms. The molecule has 4 rings (SSSR count). The highest BCUT2D eigenvalue weighted by Gasteiger charge is 3.22. The Bertz CT molecular complexity index is 1710. The molecule has 4 aliphatic rings. The Morgan fingerprint density at radius 1 is 0.328 bits per heavy atom. The van der Waals surface area contributed by atoms with Gasteiger partial charge in [0, 0.05) is 0 Å². The van der Waals surface area contributed by atoms with E-state index in [1.165, 1.54) is 0 Å². The minimum atomic E-state index is -9.83. The number of rotatable bonds is 6. The molecule has 5 atom stereocenters. The predicted octanol–water partition coefficient (Wildman–Crippen LogP) is 8.59. The first-order valence-electron chi connectivity index (χ1n) is 13.4. The number of hydrogen-bond acceptors (Lipinski definition) is 6. The Balaban J connectivity index is 2.88. The van der Waals surface area contributed by atoms with Crippen LogP contribution in [0.4, 0.5) is 145 Å². The first kappa shape index (κ1) is 51.5. The molecule has 0 spiro atoms. The average Bonchev–Trinajstić information content (AvgIpc) is 3.00. The number of carbonyl (C=O) groups excluding carboxylic acids is 3. The van der Waals surface area contributed by atoms with Crippen LogP contribution >= 0.6 is 0 Å². The molecule has 0 amide bonds. The van der Waals surface area contributed by atoms with Crippen molar-refractivity contribution in [3.8, 4) is 0 Å². The fraction of sp³-hybridized carbons (Fsp3) is 0.864. The van der Waals surface area contributed by atoms with Crippen molar-refractivity contribution in [1.82, 2.24) is 0 Å². The van der Waals surface area contributed by atoms with Crippen LogP contribution < -0.4 is 0 Å². The van der Waals surface area contributed by atoms with E-state index in [9.17, 15) is 107 Å². The second kappa shape index (κ2) is 12.0. The number of esters is 3. The monoisotopic (exact) mass is 988 g/mol. The SMILES string of the molecule is O=C(OC12C(F)C3(F)C(F)(F)[C@@](OC(=O)C(F)(C(F)(F)F)C(F)(F)F)(C1(F)F)C(F)(F)[C@](OC(=O)C(F)(C(F)(F)F)C(F)(F)F)(C3(F)F)C2(F)F)C(F)(C(F)(F)F)C(F)(F)F. The number of alkyl halides is 33. The van der Waals surface area contributed by atoms with E-state index in [1.807, 2.05) is 0 Å². The normalized spacial score (nSPS) is 32.3. The van der Waals surface area contributed by atoms with Crippen molar-refractivity contribution in [3.05, 3.63) is 0 Å². The van der Waals surface area contributed by atoms with Gasteiger partial charge in [0.25, 0.3) is 11.3 Å². The Morgan fingerprint density at radius 3 is 0.721 bits per heavy atom. The van der Waals surface area contributed by atoms with Gasteiger partial charge in [-0.1, -0.05) is 0 Å². The summed E-state index contributed by atoms with van der Waals surface area (Å²) >= 11 is 0. The molecule has 356 valence electrons. The molecule has 4 saturated carbocycles. The standard InChI is InChI=1S/C22HF33O6/c23-1-5(24)12(28,29)10(60-3(57)7(26,19(44,45)46)20(47,48)49)14(32,33)9(1,59-2(56)6(25,17(38,39)40)18(41,42)43)15(34,35)11(13(5,30)31,16(10,36)37)61-4(58)8(27,21(50,51)52)22(53,54)55/h1H/t1?,5?,9?,10-,11+. The highest BCUT2D eigenvalue weighted by atomic mass is 19.5. The summed E-state index contributed by atoms with van der Waals surface area (Å²) < 4.78 is 478. The van der Waals surface area contributed by atoms with Crippen molar-refractivity contribution < 1.29 is 173 Å². The van der Waals surface area contributed by atoms with Crippen LogP contribution in [0, 0.1) is 0 Å². The van der Waals surface area contributed by atoms with Crippen LogP contribution in [0.2, 0.25) is 0 Å². The van der Waals surface area contributed by atoms with Gasteiger partial charge in [-0.05, 0) is 0 Å². The van der Waals surface area contributed by atoms with Gasteiger partial charge in [-0.3, -0.25) is 0 Å². The molecule has 0 aromatic rings. The van der Waals surface area contributed by atoms with Crippen molar-refractivity contribution in [3.63, 3.8) is 0 Å². The third-order valence-electron chi connectivity index (χ3n) is 9.14. The first-order chi connectivity index (χ1) is 26.0. The second-order valence-corrected chi connectivity index (χ2v) is 12.2. The van der Waals surface area contributed by atoms with E-state index < -0.39 is 130 Å². The molecule has 61 heavy (non-hydrogen) atoms. The molecule has 0 heterocycles. The molecule has 0 aromatic carbocycles. The number of hydrogen-bond donors (Lipinski definition) is 0. The van der Waals surface area contributed by atoms with Gasteiger partial charge < -0.3 is 14.2 Å². The number of carbonyl (C=O) groups is 3. The maximum absolute atomic E-state index is 16.2. The van der Waals surface area contributed by atoms with Crippen molar-refractivity contribution in [2.75, 3.05) is 0 Å². The van der Waals surface area contributed by atoms with Crippen LogP contribution in [0.3, 0.4) is 0 Å². The van der Waals surface area contributed by atoms with E-state index in [2.05, 4.69) is 0 Å². The fourth-order valence-corrected chi connectivity index (χ4v) is 6.15. The maximum Gasteiger partial charge on any atom is 0.442 e. The molecule has 0 N–H and O–H groups in total. The summed E-state index contributed by atoms with van der Waals surface area (Å²) in [7, 11) is 0. The van der Waals surface area contributed by atoms with Crippen LogP contribution in [-0.4, -0.2) is 130 Å². The van der Waals surface area contributed by atoms with Crippen LogP contribution in [0.5, 0.6) is 0 Å². The minimum absolute atomic E-state index is 1.63. The van der Waals surface area contributed by atoms with Gasteiger partial charge in [0.05, 0.1) is 0 Å². The zero-order valence-corrected chi connectivity index (χ0v) is 26.0. The van der Waals surface area contributed by atoms with Gasteiger partial charge in [0.15, 0.2) is 6.17 Å². The molecule has 4 aliphatic carbocycles. The molecule has 0 aromatic heterocycles. The van der Waals surface area contributed by atoms with E-state index in [0.717, 1.165) is 0 Å². The van der Waals surface area contributed by atoms with Gasteiger partial charge >= 0.3 is 113 Å². The largest absolute Gasteiger partial charge is 0.442 e. The summed E-state index contributed by atoms with van der Waals surface area (Å²) in [5, 5.41) is 0. The number of halogens is 33. The molecular weight excluding hydrogens is 987 g/mol. The highest BCUT2D eigenvalue weighted by molar-refractivity contribution is 5.86. The zero-order chi connectivity index (χ0) is 49.4. The fourth-order valence-electron chi connectivity index (χ4n) is 6.15. The highest BCUT2D eigenvalue weighted by Crippen LogP contribution is 2.86. The molecule has 0 aliphatic heterocycles. The van der Waals surface area contributed by atoms with Crippen LogP contribution in [-0.2, 0) is 28.6 Å². The lowest BCUT2D eigenvalue weighted by atomic mass is 9.39. The lowest BCUT2D eigenvalue weighted by Gasteiger charge is -2.75. The molecule has 0 saturated heterocycles. The third kappa shape index (κ3) is 4.79. The second-order valence-electron chi connectivity index (χ2n) is 12.2. The Morgan fingerprint density at radius 2 is 0.525 bits per heavy atom. The predicted molar refractivity (Wildman–Crippen MR) is 108 cm³/mol. The molecule has 0 radical (unpaired) electrons. The first-order valence-corrected chi connectivity index (χ1v) is 13.4. The van der Waals surface area contributed by atoms with Gasteiger partial charge in [0.2, 0.25) is 0 Å². The van der Waals surface area contributed by atoms with Crippen LogP contribution in [0.25, 0.3) is 0 Å². The summed E-state index contributed by atoms with van der Waals surface area (Å²) in [5.74, 6) is -66.5. The van der Waals surface area contributed by atoms with E-state index in [4.69, 9.17) is 0 Å². The molecule has 6 nitrogen and oxygen atoms in total. The van der Waals surface area contributed by atoms with Gasteiger partial charge in [0.1, 0.15) is 0 Å². The molecule has 3 unspecified atom stereocenters. The maximum atomic E-state index is 16.2. The summed E-state index contributed by atoms with van der Waals surface area (Å²) in [6.45, 7) is 0. The van der Waals surface area contributed by atoms with Crippen molar-refractivity contribution in [2.24, 2.45) is 0 Å². The lowest BCUT2D eigenvalue weighted by molar-refractivity contribution is -0.605. The quantitative estimate of drug-likeness (QED) is 0.151. The van der Waals surface area contributed by atoms with E-state index >= 15 is 52.7 Å². The van der Waals surface area contributed by atoms with Gasteiger partial charge in [-0.15, -0.1) is 0 Å². The van der Waals surface area contributed by atoms with E-state index in [-0.39, 0.29) is 0 Å². The molecule has 39 heteroatoms. The van der Waals surface area contributed by atoms with E-state index in [1.54, 1.807) is 14.2 Å². The average molecular weight is 988 g/mol. The topological polar surface area (TPSA) is 78.9 Å². The third-order valence-corrected chi connectivity index (χ3v) is 9.14. The number of ether oxygens (including phenoxy) is 3. The van der Waals surface area contributed by atoms with E-state index in [0.29, 0.717) is 0 Å². The minimum Gasteiger partial charge on any atom is -0.439 e. The molecular formula is C22HF33O6. The van der Waals surface area contributed by atoms with Gasteiger partial charge in [-0.2, -0.15) is 123 Å². The Labute approximate surface area is 305 Å². The smallest absolute Gasteiger partial charge is 0.439 e. The summed E-state index contributed by atoms with van der Waals surface area (Å²) in [5.41, 5.74) is -63.6. The Kier molecular flexibility index (Phi) is 10.1. The Hall–Kier alpha value is -3.90. The summed E-state index contributed by atoms with van der Waals surface area (Å²) in [6, 6.07) is 0. The van der Waals surface area contributed by atoms with Crippen molar-refractivity contribution in [1.29, 1.82) is 0 Å².